The van der Waals surface area contributed by atoms with Crippen LogP contribution in [0.15, 0.2) is 24.3 Å². The number of likely N-dealkylation sites (tertiary alicyclic amines) is 1. The zero-order chi connectivity index (χ0) is 16.2. The lowest BCUT2D eigenvalue weighted by Crippen LogP contribution is -3.14. The first kappa shape index (κ1) is 16.0. The third kappa shape index (κ3) is 3.91. The fourth-order valence-electron chi connectivity index (χ4n) is 3.86. The molecule has 4 N–H and O–H groups in total. The molecule has 1 fully saturated rings. The molecule has 1 aliphatic carbocycles. The second-order valence-electron chi connectivity index (χ2n) is 6.81. The van der Waals surface area contributed by atoms with Crippen LogP contribution in [0.1, 0.15) is 42.9 Å². The molecule has 1 aromatic carbocycles. The SMILES string of the molecule is NC(=O)C1CC[NH+](CC(=O)N[C@@H]2CCCc3ccccc32)CC1. The average Bonchev–Trinajstić information content (AvgIpc) is 2.55. The molecule has 0 aromatic heterocycles. The van der Waals surface area contributed by atoms with Gasteiger partial charge in [0.1, 0.15) is 0 Å². The number of amides is 2. The molecule has 2 amide bonds. The Hall–Kier alpha value is -1.88. The second-order valence-corrected chi connectivity index (χ2v) is 6.81. The van der Waals surface area contributed by atoms with Crippen LogP contribution in [-0.4, -0.2) is 31.4 Å². The Morgan fingerprint density at radius 2 is 1.91 bits per heavy atom. The summed E-state index contributed by atoms with van der Waals surface area (Å²) >= 11 is 0. The molecule has 23 heavy (non-hydrogen) atoms. The average molecular weight is 316 g/mol. The minimum Gasteiger partial charge on any atom is -0.369 e. The minimum atomic E-state index is -0.202. The van der Waals surface area contributed by atoms with Gasteiger partial charge in [0, 0.05) is 18.8 Å². The minimum absolute atomic E-state index is 0.00738. The molecule has 1 aromatic rings. The first-order valence-corrected chi connectivity index (χ1v) is 8.63. The van der Waals surface area contributed by atoms with Gasteiger partial charge in [0.15, 0.2) is 6.54 Å². The zero-order valence-corrected chi connectivity index (χ0v) is 13.5. The van der Waals surface area contributed by atoms with Gasteiger partial charge in [0.05, 0.1) is 19.1 Å². The van der Waals surface area contributed by atoms with E-state index >= 15 is 0 Å². The number of piperidine rings is 1. The Morgan fingerprint density at radius 3 is 2.65 bits per heavy atom. The van der Waals surface area contributed by atoms with Crippen molar-refractivity contribution in [1.82, 2.24) is 5.32 Å². The van der Waals surface area contributed by atoms with Gasteiger partial charge < -0.3 is 16.0 Å². The maximum absolute atomic E-state index is 12.4. The number of fused-ring (bicyclic) bond motifs is 1. The Kier molecular flexibility index (Phi) is 4.96. The van der Waals surface area contributed by atoms with E-state index in [1.807, 2.05) is 6.07 Å². The largest absolute Gasteiger partial charge is 0.369 e. The molecule has 5 heteroatoms. The summed E-state index contributed by atoms with van der Waals surface area (Å²) in [5, 5.41) is 3.20. The van der Waals surface area contributed by atoms with Crippen molar-refractivity contribution in [3.05, 3.63) is 35.4 Å². The first-order valence-electron chi connectivity index (χ1n) is 8.63. The van der Waals surface area contributed by atoms with Gasteiger partial charge in [-0.05, 0) is 30.4 Å². The Bertz CT molecular complexity index is 579. The number of nitrogens with one attached hydrogen (secondary N) is 2. The smallest absolute Gasteiger partial charge is 0.275 e. The van der Waals surface area contributed by atoms with Crippen molar-refractivity contribution in [2.24, 2.45) is 11.7 Å². The molecular weight excluding hydrogens is 290 g/mol. The predicted molar refractivity (Wildman–Crippen MR) is 87.7 cm³/mol. The predicted octanol–water partition coefficient (Wildman–Crippen LogP) is -0.0396. The van der Waals surface area contributed by atoms with Gasteiger partial charge in [-0.1, -0.05) is 24.3 Å². The number of carbonyl (C=O) groups is 2. The lowest BCUT2D eigenvalue weighted by atomic mass is 9.88. The Labute approximate surface area is 137 Å². The van der Waals surface area contributed by atoms with E-state index in [-0.39, 0.29) is 23.8 Å². The third-order valence-electron chi connectivity index (χ3n) is 5.21. The molecule has 0 unspecified atom stereocenters. The molecule has 0 radical (unpaired) electrons. The highest BCUT2D eigenvalue weighted by Gasteiger charge is 2.28. The molecule has 124 valence electrons. The van der Waals surface area contributed by atoms with Crippen molar-refractivity contribution in [3.8, 4) is 0 Å². The molecule has 0 spiro atoms. The van der Waals surface area contributed by atoms with E-state index in [2.05, 4.69) is 23.5 Å². The normalized spacial score (nSPS) is 27.0. The highest BCUT2D eigenvalue weighted by molar-refractivity contribution is 5.78. The molecular formula is C18H26N3O2+. The number of nitrogens with two attached hydrogens (primary N) is 1. The van der Waals surface area contributed by atoms with E-state index in [0.717, 1.165) is 45.2 Å². The highest BCUT2D eigenvalue weighted by atomic mass is 16.2. The van der Waals surface area contributed by atoms with E-state index in [9.17, 15) is 9.59 Å². The summed E-state index contributed by atoms with van der Waals surface area (Å²) in [6.45, 7) is 2.19. The highest BCUT2D eigenvalue weighted by Crippen LogP contribution is 2.29. The maximum Gasteiger partial charge on any atom is 0.275 e. The van der Waals surface area contributed by atoms with Crippen LogP contribution in [0.5, 0.6) is 0 Å². The summed E-state index contributed by atoms with van der Waals surface area (Å²) in [4.78, 5) is 24.8. The number of primary amides is 1. The van der Waals surface area contributed by atoms with Gasteiger partial charge in [0.25, 0.3) is 5.91 Å². The summed E-state index contributed by atoms with van der Waals surface area (Å²) in [5.41, 5.74) is 7.99. The summed E-state index contributed by atoms with van der Waals surface area (Å²) in [6, 6.07) is 8.55. The summed E-state index contributed by atoms with van der Waals surface area (Å²) in [7, 11) is 0. The van der Waals surface area contributed by atoms with E-state index in [4.69, 9.17) is 5.73 Å². The second kappa shape index (κ2) is 7.13. The zero-order valence-electron chi connectivity index (χ0n) is 13.5. The van der Waals surface area contributed by atoms with Crippen LogP contribution < -0.4 is 16.0 Å². The van der Waals surface area contributed by atoms with Crippen molar-refractivity contribution >= 4 is 11.8 Å². The van der Waals surface area contributed by atoms with Gasteiger partial charge >= 0.3 is 0 Å². The quantitative estimate of drug-likeness (QED) is 0.729. The van der Waals surface area contributed by atoms with E-state index < -0.39 is 0 Å². The molecule has 3 rings (SSSR count). The van der Waals surface area contributed by atoms with Crippen LogP contribution in [0.4, 0.5) is 0 Å². The molecule has 0 bridgehead atoms. The number of hydrogen-bond acceptors (Lipinski definition) is 2. The first-order chi connectivity index (χ1) is 11.1. The number of benzene rings is 1. The van der Waals surface area contributed by atoms with Crippen LogP contribution in [-0.2, 0) is 16.0 Å². The molecule has 1 aliphatic heterocycles. The maximum atomic E-state index is 12.4. The molecule has 1 saturated heterocycles. The van der Waals surface area contributed by atoms with Crippen LogP contribution in [0, 0.1) is 5.92 Å². The number of rotatable bonds is 4. The van der Waals surface area contributed by atoms with Crippen LogP contribution in [0.25, 0.3) is 0 Å². The van der Waals surface area contributed by atoms with Crippen LogP contribution in [0.2, 0.25) is 0 Å². The third-order valence-corrected chi connectivity index (χ3v) is 5.21. The fraction of sp³-hybridized carbons (Fsp3) is 0.556. The van der Waals surface area contributed by atoms with Gasteiger partial charge in [-0.2, -0.15) is 0 Å². The molecule has 0 saturated carbocycles. The van der Waals surface area contributed by atoms with Crippen LogP contribution >= 0.6 is 0 Å². The van der Waals surface area contributed by atoms with Crippen molar-refractivity contribution in [3.63, 3.8) is 0 Å². The van der Waals surface area contributed by atoms with Crippen LogP contribution in [0.3, 0.4) is 0 Å². The fourth-order valence-corrected chi connectivity index (χ4v) is 3.86. The monoisotopic (exact) mass is 316 g/mol. The summed E-state index contributed by atoms with van der Waals surface area (Å²) in [6.07, 6.45) is 4.84. The lowest BCUT2D eigenvalue weighted by Gasteiger charge is -2.29. The van der Waals surface area contributed by atoms with E-state index in [0.29, 0.717) is 6.54 Å². The molecule has 5 nitrogen and oxygen atoms in total. The van der Waals surface area contributed by atoms with Gasteiger partial charge in [-0.15, -0.1) is 0 Å². The molecule has 1 heterocycles. The summed E-state index contributed by atoms with van der Waals surface area (Å²) < 4.78 is 0. The number of aryl methyl sites for hydroxylation is 1. The standard InChI is InChI=1S/C18H25N3O2/c19-18(23)14-8-10-21(11-9-14)12-17(22)20-16-7-3-5-13-4-1-2-6-15(13)16/h1-2,4,6,14,16H,3,5,7-12H2,(H2,19,23)(H,20,22)/p+1/t16-/m1/s1. The molecule has 1 atom stereocenters. The van der Waals surface area contributed by atoms with E-state index in [1.165, 1.54) is 16.0 Å². The van der Waals surface area contributed by atoms with Crippen molar-refractivity contribution in [1.29, 1.82) is 0 Å². The van der Waals surface area contributed by atoms with Gasteiger partial charge in [-0.25, -0.2) is 0 Å². The number of quaternary nitrogens is 1. The topological polar surface area (TPSA) is 76.6 Å². The Balaban J connectivity index is 1.52. The van der Waals surface area contributed by atoms with Gasteiger partial charge in [-0.3, -0.25) is 9.59 Å². The number of carbonyl (C=O) groups excluding carboxylic acids is 2. The van der Waals surface area contributed by atoms with E-state index in [1.54, 1.807) is 0 Å². The summed E-state index contributed by atoms with van der Waals surface area (Å²) in [5.74, 6) is -0.0985. The van der Waals surface area contributed by atoms with Gasteiger partial charge in [0.2, 0.25) is 5.91 Å². The number of hydrogen-bond donors (Lipinski definition) is 3. The van der Waals surface area contributed by atoms with Crippen molar-refractivity contribution in [2.45, 2.75) is 38.1 Å². The Morgan fingerprint density at radius 1 is 1.17 bits per heavy atom. The molecule has 2 aliphatic rings. The van der Waals surface area contributed by atoms with Crippen molar-refractivity contribution < 1.29 is 14.5 Å². The van der Waals surface area contributed by atoms with Crippen molar-refractivity contribution in [2.75, 3.05) is 19.6 Å². The lowest BCUT2D eigenvalue weighted by molar-refractivity contribution is -0.897.